The standard InChI is InChI=1S/C49H55N9O7/c1-27(2)41(54-48(61)63-5)45(59)56-20-10-14-37(56)34-25-50-43(52-34)30-17-19-36-32(22-30)23-39-33-18-16-31(24-40(33)65-47(58(36)39)29-12-8-7-9-13-29)44-51-26-35(53-44)38-15-11-21-57(38)46(60)42(28(3)4)55-49(62)64-6/h7-9,12-13,16-19,22-28,37-38,41-42,47H,10-11,14-15,20-21H2,1-6H3,(H,50,52)(H,51,53)(H,54,61)(H,55,62)/t37-,38+,41-,42-,47-/m0/s1/i5D3,6D3. The third kappa shape index (κ3) is 8.17. The lowest BCUT2D eigenvalue weighted by atomic mass is 10.0. The number of ether oxygens (including phenoxy) is 3. The third-order valence-corrected chi connectivity index (χ3v) is 12.8. The number of imidazole rings is 2. The number of benzene rings is 3. The molecule has 4 amide bonds. The quantitative estimate of drug-likeness (QED) is 0.0996. The minimum Gasteiger partial charge on any atom is -0.465 e. The van der Waals surface area contributed by atoms with E-state index in [0.717, 1.165) is 63.1 Å². The van der Waals surface area contributed by atoms with Crippen molar-refractivity contribution < 1.29 is 41.6 Å². The molecular weight excluding hydrogens is 827 g/mol. The van der Waals surface area contributed by atoms with Crippen LogP contribution < -0.4 is 15.4 Å². The number of rotatable bonds is 11. The average molecular weight is 888 g/mol. The summed E-state index contributed by atoms with van der Waals surface area (Å²) < 4.78 is 61.7. The predicted octanol–water partition coefficient (Wildman–Crippen LogP) is 8.12. The molecule has 0 spiro atoms. The van der Waals surface area contributed by atoms with Crippen molar-refractivity contribution in [3.05, 3.63) is 102 Å². The number of fused-ring (bicyclic) bond motifs is 5. The first kappa shape index (κ1) is 36.3. The lowest BCUT2D eigenvalue weighted by Crippen LogP contribution is -2.51. The summed E-state index contributed by atoms with van der Waals surface area (Å²) in [4.78, 5) is 72.4. The third-order valence-electron chi connectivity index (χ3n) is 12.8. The Balaban J connectivity index is 0.972. The van der Waals surface area contributed by atoms with Crippen LogP contribution in [0, 0.1) is 11.8 Å². The zero-order chi connectivity index (χ0) is 50.5. The number of carbonyl (C=O) groups excluding carboxylic acids is 4. The first-order valence-corrected chi connectivity index (χ1v) is 21.9. The van der Waals surface area contributed by atoms with Crippen LogP contribution in [0.1, 0.15) is 96.9 Å². The second kappa shape index (κ2) is 17.8. The predicted molar refractivity (Wildman–Crippen MR) is 243 cm³/mol. The van der Waals surface area contributed by atoms with E-state index in [1.165, 1.54) is 0 Å². The van der Waals surface area contributed by atoms with E-state index in [2.05, 4.69) is 46.8 Å². The number of nitrogens with zero attached hydrogens (tertiary/aromatic N) is 5. The summed E-state index contributed by atoms with van der Waals surface area (Å²) in [5.74, 6) is 0.472. The molecule has 0 saturated carbocycles. The molecule has 3 aromatic heterocycles. The number of carbonyl (C=O) groups is 4. The van der Waals surface area contributed by atoms with Crippen molar-refractivity contribution in [3.63, 3.8) is 0 Å². The van der Waals surface area contributed by atoms with Crippen molar-refractivity contribution in [2.45, 2.75) is 83.8 Å². The molecule has 3 aliphatic heterocycles. The first-order chi connectivity index (χ1) is 33.7. The summed E-state index contributed by atoms with van der Waals surface area (Å²) in [6.45, 7) is 7.98. The maximum atomic E-state index is 13.9. The largest absolute Gasteiger partial charge is 0.465 e. The van der Waals surface area contributed by atoms with Crippen LogP contribution in [0.25, 0.3) is 44.9 Å². The minimum absolute atomic E-state index is 0.337. The highest BCUT2D eigenvalue weighted by Crippen LogP contribution is 2.46. The topological polar surface area (TPSA) is 189 Å². The van der Waals surface area contributed by atoms with Gasteiger partial charge in [0.2, 0.25) is 18.0 Å². The molecule has 338 valence electrons. The summed E-state index contributed by atoms with van der Waals surface area (Å²) in [6, 6.07) is 21.4. The van der Waals surface area contributed by atoms with Crippen molar-refractivity contribution in [2.24, 2.45) is 11.8 Å². The highest BCUT2D eigenvalue weighted by Gasteiger charge is 2.39. The Morgan fingerprint density at radius 3 is 1.85 bits per heavy atom. The Kier molecular flexibility index (Phi) is 9.94. The Labute approximate surface area is 385 Å². The molecule has 16 nitrogen and oxygen atoms in total. The molecular formula is C49H55N9O7. The Hall–Kier alpha value is -7.10. The highest BCUT2D eigenvalue weighted by molar-refractivity contribution is 5.92. The van der Waals surface area contributed by atoms with E-state index in [1.807, 2.05) is 60.7 Å². The number of methoxy groups -OCH3 is 2. The number of hydrogen-bond donors (Lipinski definition) is 4. The average Bonchev–Trinajstić information content (AvgIpc) is 4.17. The fourth-order valence-corrected chi connectivity index (χ4v) is 9.54. The van der Waals surface area contributed by atoms with E-state index in [0.29, 0.717) is 43.3 Å². The number of nitrogens with one attached hydrogen (secondary N) is 4. The van der Waals surface area contributed by atoms with Gasteiger partial charge in [-0.15, -0.1) is 0 Å². The van der Waals surface area contributed by atoms with Crippen LogP contribution >= 0.6 is 0 Å². The Morgan fingerprint density at radius 2 is 1.29 bits per heavy atom. The number of aromatic amines is 2. The van der Waals surface area contributed by atoms with Crippen molar-refractivity contribution in [3.8, 4) is 39.8 Å². The molecule has 0 aliphatic carbocycles. The zero-order valence-electron chi connectivity index (χ0n) is 42.5. The fraction of sp³-hybridized carbons (Fsp3) is 0.388. The van der Waals surface area contributed by atoms with E-state index >= 15 is 0 Å². The Morgan fingerprint density at radius 1 is 0.738 bits per heavy atom. The van der Waals surface area contributed by atoms with Gasteiger partial charge in [0.15, 0.2) is 0 Å². The smallest absolute Gasteiger partial charge is 0.407 e. The summed E-state index contributed by atoms with van der Waals surface area (Å²) in [5, 5.41) is 5.87. The van der Waals surface area contributed by atoms with E-state index in [9.17, 15) is 19.2 Å². The first-order valence-electron chi connectivity index (χ1n) is 24.9. The molecule has 4 N–H and O–H groups in total. The molecule has 65 heavy (non-hydrogen) atoms. The second-order valence-corrected chi connectivity index (χ2v) is 17.5. The van der Waals surface area contributed by atoms with Crippen LogP contribution in [-0.4, -0.2) is 97.6 Å². The molecule has 0 bridgehead atoms. The van der Waals surface area contributed by atoms with Crippen LogP contribution in [0.2, 0.25) is 0 Å². The number of amides is 4. The fourth-order valence-electron chi connectivity index (χ4n) is 9.54. The molecule has 3 aliphatic rings. The Bertz CT molecular complexity index is 2970. The molecule has 16 heteroatoms. The molecule has 0 radical (unpaired) electrons. The summed E-state index contributed by atoms with van der Waals surface area (Å²) in [6.07, 6.45) is 3.33. The number of H-pyrrole nitrogens is 2. The molecule has 2 fully saturated rings. The molecule has 5 atom stereocenters. The van der Waals surface area contributed by atoms with Crippen molar-refractivity contribution in [1.29, 1.82) is 0 Å². The molecule has 9 rings (SSSR count). The number of aromatic nitrogens is 5. The second-order valence-electron chi connectivity index (χ2n) is 17.5. The number of likely N-dealkylation sites (tertiary alicyclic amines) is 2. The van der Waals surface area contributed by atoms with E-state index in [4.69, 9.17) is 22.9 Å². The maximum absolute atomic E-state index is 13.9. The van der Waals surface area contributed by atoms with E-state index in [-0.39, 0.29) is 35.7 Å². The van der Waals surface area contributed by atoms with Gasteiger partial charge in [0.25, 0.3) is 0 Å². The van der Waals surface area contributed by atoms with E-state index in [1.54, 1.807) is 49.9 Å². The zero-order valence-corrected chi connectivity index (χ0v) is 36.5. The van der Waals surface area contributed by atoms with Crippen LogP contribution in [0.5, 0.6) is 5.75 Å². The van der Waals surface area contributed by atoms with Gasteiger partial charge in [-0.05, 0) is 73.9 Å². The van der Waals surface area contributed by atoms with Gasteiger partial charge in [0.05, 0.1) is 69.4 Å². The van der Waals surface area contributed by atoms with Crippen LogP contribution in [0.4, 0.5) is 9.59 Å². The minimum atomic E-state index is -2.95. The monoisotopic (exact) mass is 887 g/mol. The number of hydrogen-bond acceptors (Lipinski definition) is 9. The molecule has 6 aromatic rings. The lowest BCUT2D eigenvalue weighted by molar-refractivity contribution is -0.136. The molecule has 0 unspecified atom stereocenters. The van der Waals surface area contributed by atoms with Crippen molar-refractivity contribution in [2.75, 3.05) is 27.2 Å². The van der Waals surface area contributed by atoms with Gasteiger partial charge in [-0.1, -0.05) is 64.1 Å². The molecule has 6 heterocycles. The summed E-state index contributed by atoms with van der Waals surface area (Å²) in [7, 11) is -5.89. The normalized spacial score (nSPS) is 20.6. The van der Waals surface area contributed by atoms with Gasteiger partial charge in [0.1, 0.15) is 29.5 Å². The van der Waals surface area contributed by atoms with Gasteiger partial charge < -0.3 is 49.2 Å². The summed E-state index contributed by atoms with van der Waals surface area (Å²) >= 11 is 0. The van der Waals surface area contributed by atoms with Crippen LogP contribution in [0.15, 0.2) is 85.2 Å². The molecule has 3 aromatic carbocycles. The van der Waals surface area contributed by atoms with Crippen molar-refractivity contribution in [1.82, 2.24) is 44.9 Å². The van der Waals surface area contributed by atoms with E-state index < -0.39 is 44.6 Å². The lowest BCUT2D eigenvalue weighted by Gasteiger charge is -2.30. The van der Waals surface area contributed by atoms with Gasteiger partial charge in [-0.25, -0.2) is 19.6 Å². The van der Waals surface area contributed by atoms with Crippen LogP contribution in [-0.2, 0) is 19.1 Å². The van der Waals surface area contributed by atoms with Crippen molar-refractivity contribution >= 4 is 34.9 Å². The van der Waals surface area contributed by atoms with Gasteiger partial charge >= 0.3 is 12.2 Å². The highest BCUT2D eigenvalue weighted by atomic mass is 16.5. The summed E-state index contributed by atoms with van der Waals surface area (Å²) in [5.41, 5.74) is 6.73. The number of alkyl carbamates (subject to hydrolysis) is 2. The van der Waals surface area contributed by atoms with Gasteiger partial charge in [0, 0.05) is 40.7 Å². The van der Waals surface area contributed by atoms with Crippen LogP contribution in [0.3, 0.4) is 0 Å². The maximum Gasteiger partial charge on any atom is 0.407 e. The SMILES string of the molecule is [2H]C([2H])([2H])OC(=O)N[C@H](C(=O)N1CCC[C@@H]1c1cnc(-c2ccc3c(c2)O[C@@H](c2ccccc2)n2c-3cc3cc(-c4ncc([C@@H]5CCCN5C(=O)[C@@H](NC(=O)OC([2H])([2H])[2H])C(C)C)[nH]4)ccc32)[nH]1)C(C)C. The van der Waals surface area contributed by atoms with Gasteiger partial charge in [-0.2, -0.15) is 0 Å². The van der Waals surface area contributed by atoms with Gasteiger partial charge in [-0.3, -0.25) is 9.59 Å². The molecule has 2 saturated heterocycles.